The second kappa shape index (κ2) is 9.61. The first kappa shape index (κ1) is 20.2. The number of ether oxygens (including phenoxy) is 1. The van der Waals surface area contributed by atoms with Crippen LogP contribution in [0.3, 0.4) is 0 Å². The summed E-state index contributed by atoms with van der Waals surface area (Å²) in [5.41, 5.74) is 1.93. The van der Waals surface area contributed by atoms with E-state index in [2.05, 4.69) is 10.6 Å². The molecule has 8 heteroatoms. The normalized spacial score (nSPS) is 13.1. The number of hydrogen-bond acceptors (Lipinski definition) is 5. The molecule has 1 aliphatic heterocycles. The number of carbonyl (C=O) groups is 3. The first-order valence-corrected chi connectivity index (χ1v) is 10.1. The number of carbonyl (C=O) groups excluding carboxylic acids is 3. The number of anilines is 1. The number of halogens is 1. The summed E-state index contributed by atoms with van der Waals surface area (Å²) in [6, 6.07) is 12.3. The van der Waals surface area contributed by atoms with Crippen LogP contribution in [0.5, 0.6) is 0 Å². The molecule has 0 fully saturated rings. The van der Waals surface area contributed by atoms with E-state index < -0.39 is 5.97 Å². The number of hydrogen-bond donors (Lipinski definition) is 2. The van der Waals surface area contributed by atoms with E-state index in [1.165, 1.54) is 0 Å². The van der Waals surface area contributed by atoms with Gasteiger partial charge in [-0.1, -0.05) is 23.7 Å². The molecule has 0 spiro atoms. The van der Waals surface area contributed by atoms with Crippen LogP contribution in [-0.4, -0.2) is 36.7 Å². The first-order chi connectivity index (χ1) is 13.5. The molecule has 2 aromatic carbocycles. The molecule has 6 nitrogen and oxygen atoms in total. The maximum atomic E-state index is 12.2. The van der Waals surface area contributed by atoms with E-state index in [9.17, 15) is 14.4 Å². The van der Waals surface area contributed by atoms with Crippen molar-refractivity contribution in [2.75, 3.05) is 24.2 Å². The standard InChI is InChI=1S/C20H19ClN2O4S/c21-15-4-1-13(2-5-15)7-9-22-19(25)12-27-20(26)14-3-6-17-16(11-14)23-18(24)8-10-28-17/h1-6,11H,7-10,12H2,(H,22,25)(H,23,24). The van der Waals surface area contributed by atoms with Gasteiger partial charge in [0.1, 0.15) is 0 Å². The van der Waals surface area contributed by atoms with Crippen molar-refractivity contribution in [3.8, 4) is 0 Å². The van der Waals surface area contributed by atoms with Crippen molar-refractivity contribution in [3.05, 3.63) is 58.6 Å². The summed E-state index contributed by atoms with van der Waals surface area (Å²) in [4.78, 5) is 36.6. The lowest BCUT2D eigenvalue weighted by Crippen LogP contribution is -2.30. The van der Waals surface area contributed by atoms with Crippen molar-refractivity contribution >= 4 is 46.8 Å². The molecular weight excluding hydrogens is 400 g/mol. The average Bonchev–Trinajstić information content (AvgIpc) is 2.87. The highest BCUT2D eigenvalue weighted by Gasteiger charge is 2.17. The van der Waals surface area contributed by atoms with Crippen LogP contribution in [0, 0.1) is 0 Å². The molecule has 2 aromatic rings. The van der Waals surface area contributed by atoms with Crippen molar-refractivity contribution in [2.24, 2.45) is 0 Å². The van der Waals surface area contributed by atoms with Crippen LogP contribution < -0.4 is 10.6 Å². The lowest BCUT2D eigenvalue weighted by Gasteiger charge is -2.10. The van der Waals surface area contributed by atoms with Gasteiger partial charge in [0, 0.05) is 28.6 Å². The van der Waals surface area contributed by atoms with E-state index in [1.807, 2.05) is 12.1 Å². The van der Waals surface area contributed by atoms with E-state index in [-0.39, 0.29) is 24.0 Å². The third kappa shape index (κ3) is 5.74. The zero-order valence-electron chi connectivity index (χ0n) is 15.0. The minimum atomic E-state index is -0.612. The summed E-state index contributed by atoms with van der Waals surface area (Å²) in [5.74, 6) is -0.379. The van der Waals surface area contributed by atoms with Crippen molar-refractivity contribution in [3.63, 3.8) is 0 Å². The molecule has 0 bridgehead atoms. The van der Waals surface area contributed by atoms with Crippen molar-refractivity contribution in [1.29, 1.82) is 0 Å². The number of amides is 2. The molecule has 1 heterocycles. The Balaban J connectivity index is 1.46. The highest BCUT2D eigenvalue weighted by molar-refractivity contribution is 7.99. The molecule has 0 saturated carbocycles. The van der Waals surface area contributed by atoms with Gasteiger partial charge in [0.25, 0.3) is 5.91 Å². The van der Waals surface area contributed by atoms with Gasteiger partial charge in [0.15, 0.2) is 6.61 Å². The smallest absolute Gasteiger partial charge is 0.338 e. The summed E-state index contributed by atoms with van der Waals surface area (Å²) in [6.45, 7) is 0.0672. The molecule has 0 unspecified atom stereocenters. The second-order valence-electron chi connectivity index (χ2n) is 6.16. The fraction of sp³-hybridized carbons (Fsp3) is 0.250. The molecule has 0 atom stereocenters. The molecule has 3 rings (SSSR count). The molecular formula is C20H19ClN2O4S. The van der Waals surface area contributed by atoms with Crippen molar-refractivity contribution in [2.45, 2.75) is 17.7 Å². The maximum absolute atomic E-state index is 12.2. The molecule has 0 aliphatic carbocycles. The summed E-state index contributed by atoms with van der Waals surface area (Å²) < 4.78 is 5.07. The number of benzene rings is 2. The van der Waals surface area contributed by atoms with Crippen LogP contribution in [0.4, 0.5) is 5.69 Å². The van der Waals surface area contributed by atoms with Crippen molar-refractivity contribution in [1.82, 2.24) is 5.32 Å². The Labute approximate surface area is 172 Å². The van der Waals surface area contributed by atoms with Gasteiger partial charge in [-0.05, 0) is 42.3 Å². The van der Waals surface area contributed by atoms with E-state index in [1.54, 1.807) is 42.1 Å². The topological polar surface area (TPSA) is 84.5 Å². The Morgan fingerprint density at radius 1 is 1.18 bits per heavy atom. The van der Waals surface area contributed by atoms with Crippen molar-refractivity contribution < 1.29 is 19.1 Å². The van der Waals surface area contributed by atoms with Gasteiger partial charge in [-0.15, -0.1) is 11.8 Å². The molecule has 146 valence electrons. The van der Waals surface area contributed by atoms with E-state index in [0.29, 0.717) is 35.8 Å². The third-order valence-corrected chi connectivity index (χ3v) is 5.39. The molecule has 0 radical (unpaired) electrons. The van der Waals surface area contributed by atoms with Gasteiger partial charge < -0.3 is 15.4 Å². The molecule has 2 amide bonds. The number of fused-ring (bicyclic) bond motifs is 1. The Morgan fingerprint density at radius 2 is 1.96 bits per heavy atom. The van der Waals surface area contributed by atoms with E-state index in [0.717, 1.165) is 10.5 Å². The molecule has 28 heavy (non-hydrogen) atoms. The van der Waals surface area contributed by atoms with Gasteiger partial charge in [0.05, 0.1) is 11.3 Å². The molecule has 2 N–H and O–H groups in total. The SMILES string of the molecule is O=C(COC(=O)c1ccc2c(c1)NC(=O)CCS2)NCCc1ccc(Cl)cc1. The summed E-state index contributed by atoms with van der Waals surface area (Å²) in [5, 5.41) is 6.14. The lowest BCUT2D eigenvalue weighted by atomic mass is 10.1. The Bertz CT molecular complexity index is 886. The van der Waals surface area contributed by atoms with Gasteiger partial charge >= 0.3 is 5.97 Å². The zero-order valence-corrected chi connectivity index (χ0v) is 16.6. The zero-order chi connectivity index (χ0) is 19.9. The number of nitrogens with one attached hydrogen (secondary N) is 2. The summed E-state index contributed by atoms with van der Waals surface area (Å²) >= 11 is 7.39. The predicted octanol–water partition coefficient (Wildman–Crippen LogP) is 3.29. The molecule has 0 saturated heterocycles. The Morgan fingerprint density at radius 3 is 2.75 bits per heavy atom. The second-order valence-corrected chi connectivity index (χ2v) is 7.73. The van der Waals surface area contributed by atoms with Gasteiger partial charge in [-0.25, -0.2) is 4.79 Å². The van der Waals surface area contributed by atoms with Crippen LogP contribution in [0.2, 0.25) is 5.02 Å². The molecule has 0 aromatic heterocycles. The van der Waals surface area contributed by atoms with Crippen LogP contribution in [0.25, 0.3) is 0 Å². The van der Waals surface area contributed by atoms with Gasteiger partial charge in [-0.2, -0.15) is 0 Å². The molecule has 1 aliphatic rings. The van der Waals surface area contributed by atoms with E-state index in [4.69, 9.17) is 16.3 Å². The van der Waals surface area contributed by atoms with Crippen LogP contribution in [0.1, 0.15) is 22.3 Å². The minimum Gasteiger partial charge on any atom is -0.452 e. The minimum absolute atomic E-state index is 0.0863. The highest BCUT2D eigenvalue weighted by atomic mass is 35.5. The summed E-state index contributed by atoms with van der Waals surface area (Å²) in [6.07, 6.45) is 1.08. The fourth-order valence-corrected chi connectivity index (χ4v) is 3.67. The number of esters is 1. The van der Waals surface area contributed by atoms with Gasteiger partial charge in [0.2, 0.25) is 5.91 Å². The monoisotopic (exact) mass is 418 g/mol. The van der Waals surface area contributed by atoms with Crippen LogP contribution in [-0.2, 0) is 20.7 Å². The fourth-order valence-electron chi connectivity index (χ4n) is 2.61. The predicted molar refractivity (Wildman–Crippen MR) is 109 cm³/mol. The largest absolute Gasteiger partial charge is 0.452 e. The van der Waals surface area contributed by atoms with Crippen LogP contribution in [0.15, 0.2) is 47.4 Å². The lowest BCUT2D eigenvalue weighted by molar-refractivity contribution is -0.124. The average molecular weight is 419 g/mol. The van der Waals surface area contributed by atoms with Crippen LogP contribution >= 0.6 is 23.4 Å². The Hall–Kier alpha value is -2.51. The van der Waals surface area contributed by atoms with E-state index >= 15 is 0 Å². The number of rotatable bonds is 6. The third-order valence-electron chi connectivity index (χ3n) is 4.06. The maximum Gasteiger partial charge on any atom is 0.338 e. The quantitative estimate of drug-likeness (QED) is 0.703. The Kier molecular flexibility index (Phi) is 6.95. The first-order valence-electron chi connectivity index (χ1n) is 8.76. The summed E-state index contributed by atoms with van der Waals surface area (Å²) in [7, 11) is 0. The number of thioether (sulfide) groups is 1. The highest BCUT2D eigenvalue weighted by Crippen LogP contribution is 2.31. The van der Waals surface area contributed by atoms with Gasteiger partial charge in [-0.3, -0.25) is 9.59 Å².